The van der Waals surface area contributed by atoms with Crippen LogP contribution < -0.4 is 31.9 Å². The van der Waals surface area contributed by atoms with Gasteiger partial charge in [0.25, 0.3) is 0 Å². The molecule has 24 N–H and O–H groups in total. The van der Waals surface area contributed by atoms with Crippen LogP contribution in [0.5, 0.6) is 0 Å². The van der Waals surface area contributed by atoms with Crippen LogP contribution in [0.3, 0.4) is 0 Å². The van der Waals surface area contributed by atoms with E-state index in [0.717, 1.165) is 22.3 Å². The van der Waals surface area contributed by atoms with Crippen molar-refractivity contribution in [2.24, 2.45) is 17.8 Å². The number of fused-ring (bicyclic) bond motifs is 3. The van der Waals surface area contributed by atoms with E-state index in [2.05, 4.69) is 44.5 Å². The Morgan fingerprint density at radius 1 is 0.402 bits per heavy atom. The van der Waals surface area contributed by atoms with Crippen molar-refractivity contribution in [3.8, 4) is 11.1 Å². The third-order valence-corrected chi connectivity index (χ3v) is 17.4. The zero-order chi connectivity index (χ0) is 76.7. The van der Waals surface area contributed by atoms with E-state index in [4.69, 9.17) is 14.9 Å². The monoisotopic (exact) mass is 1470 g/mol. The van der Waals surface area contributed by atoms with Crippen LogP contribution in [0.2, 0.25) is 0 Å². The Hall–Kier alpha value is -7.77. The minimum absolute atomic E-state index is 0.315. The van der Waals surface area contributed by atoms with E-state index in [1.165, 1.54) is 0 Å². The Kier molecular flexibility index (Phi) is 38.7. The van der Waals surface area contributed by atoms with Gasteiger partial charge in [0.15, 0.2) is 17.3 Å². The van der Waals surface area contributed by atoms with Crippen molar-refractivity contribution in [2.75, 3.05) is 51.8 Å². The lowest BCUT2D eigenvalue weighted by molar-refractivity contribution is -0.143. The Bertz CT molecular complexity index is 3070. The summed E-state index contributed by atoms with van der Waals surface area (Å²) in [6.07, 6.45) is -36.2. The van der Waals surface area contributed by atoms with Crippen LogP contribution in [0, 0.1) is 17.8 Å². The second-order valence-electron chi connectivity index (χ2n) is 24.6. The van der Waals surface area contributed by atoms with Crippen LogP contribution in [0.25, 0.3) is 11.1 Å². The molecule has 0 bridgehead atoms. The molecule has 3 rings (SSSR count). The number of carboxylic acids is 3. The molecule has 572 valence electrons. The van der Waals surface area contributed by atoms with Crippen molar-refractivity contribution < 1.29 is 154 Å². The quantitative estimate of drug-likeness (QED) is 0.0274. The van der Waals surface area contributed by atoms with Crippen LogP contribution >= 0.6 is 12.6 Å². The summed E-state index contributed by atoms with van der Waals surface area (Å²) in [6.45, 7) is -5.89. The van der Waals surface area contributed by atoms with Crippen molar-refractivity contribution in [1.82, 2.24) is 31.9 Å². The third kappa shape index (κ3) is 28.8. The number of amides is 6. The SMILES string of the molecule is O=C(O)CC[C@H](CC(=O)[C@H](CCC(=O)NC[C@H](O)[C@@H](O)[C@H](O)[C@H](O)CO)NC(=O)OCC1c2ccccc2-c2ccccc21)C(=O)N[C@@H](CCC(=O)NC[C@H](O)[C@@H](O)[C@H](O)[C@H](O)CO)C(=O)C[C@@H](CCC(=O)O)C(=O)N[C@@H](CCC(=O)NC[C@H](O)[C@@H](O)[C@H](O)[C@H](O)CO)C(=O)C[C@@H](CS)C(=O)O. The first-order valence-electron chi connectivity index (χ1n) is 32.5. The standard InChI is InChI=1S/C64H94N6O31S/c71-25-47(80)58(93)55(90)44(77)22-65-50(83)14-11-38(41(74)19-30(9-17-53(86)87)61(96)69-39(43(76)21-32(29-102)63(98)99)12-15-51(84)66-23-45(78)56(91)59(94)48(81)26-72)68-62(97)31(10-18-54(88)89)20-42(75)40(13-16-52(85)67-24-46(79)57(92)60(95)49(82)27-73)70-64(100)101-28-37-35-7-3-1-5-33(35)34-6-2-4-8-36(34)37/h1-8,30-32,37-40,44-49,55-60,71-73,77-82,90-95,102H,9-29H2,(H,65,83)(H,66,84)(H,67,85)(H,68,97)(H,69,96)(H,70,100)(H,86,87)(H,88,89)(H,98,99)/t30-,31-,32+,38+,39+,40+,44+,45+,46+,47-,48-,49-,55-,56-,57-,58-,59-,60-/m1/s1. The summed E-state index contributed by atoms with van der Waals surface area (Å²) in [7, 11) is 0. The smallest absolute Gasteiger partial charge is 0.407 e. The summed E-state index contributed by atoms with van der Waals surface area (Å²) in [5, 5.41) is 192. The average Bonchev–Trinajstić information content (AvgIpc) is 1.62. The third-order valence-electron chi connectivity index (χ3n) is 17.0. The summed E-state index contributed by atoms with van der Waals surface area (Å²) < 4.78 is 5.64. The number of aliphatic hydroxyl groups excluding tert-OH is 15. The second-order valence-corrected chi connectivity index (χ2v) is 24.9. The number of benzene rings is 2. The molecule has 18 atom stereocenters. The van der Waals surface area contributed by atoms with Gasteiger partial charge in [0.05, 0.1) is 62.2 Å². The number of carboxylic acid groups (broad SMARTS) is 3. The van der Waals surface area contributed by atoms with Crippen LogP contribution in [0.1, 0.15) is 101 Å². The lowest BCUT2D eigenvalue weighted by Crippen LogP contribution is -2.50. The predicted molar refractivity (Wildman–Crippen MR) is 350 cm³/mol. The van der Waals surface area contributed by atoms with Gasteiger partial charge in [-0.1, -0.05) is 48.5 Å². The number of alkyl carbamates (subject to hydrolysis) is 1. The summed E-state index contributed by atoms with van der Waals surface area (Å²) in [5.74, 6) is -19.7. The Morgan fingerprint density at radius 3 is 1.01 bits per heavy atom. The number of carbonyl (C=O) groups is 12. The number of thiol groups is 1. The molecule has 0 spiro atoms. The molecule has 2 aromatic rings. The van der Waals surface area contributed by atoms with E-state index >= 15 is 0 Å². The maximum atomic E-state index is 14.7. The van der Waals surface area contributed by atoms with Gasteiger partial charge in [-0.15, -0.1) is 0 Å². The van der Waals surface area contributed by atoms with Gasteiger partial charge in [0.2, 0.25) is 29.5 Å². The highest BCUT2D eigenvalue weighted by Crippen LogP contribution is 2.44. The minimum atomic E-state index is -2.18. The first kappa shape index (κ1) is 88.4. The number of aliphatic hydroxyl groups is 15. The van der Waals surface area contributed by atoms with Gasteiger partial charge in [-0.2, -0.15) is 12.6 Å². The van der Waals surface area contributed by atoms with Gasteiger partial charge in [-0.25, -0.2) is 4.79 Å². The van der Waals surface area contributed by atoms with Crippen molar-refractivity contribution >= 4 is 83.5 Å². The molecule has 0 fully saturated rings. The van der Waals surface area contributed by atoms with Crippen molar-refractivity contribution in [3.63, 3.8) is 0 Å². The largest absolute Gasteiger partial charge is 0.481 e. The minimum Gasteiger partial charge on any atom is -0.481 e. The molecule has 102 heavy (non-hydrogen) atoms. The summed E-state index contributed by atoms with van der Waals surface area (Å²) in [5.41, 5.74) is 3.25. The number of rotatable bonds is 51. The van der Waals surface area contributed by atoms with Gasteiger partial charge in [-0.05, 0) is 54.4 Å². The van der Waals surface area contributed by atoms with Gasteiger partial charge in [0.1, 0.15) is 61.5 Å². The van der Waals surface area contributed by atoms with Gasteiger partial charge < -0.3 is 129 Å². The van der Waals surface area contributed by atoms with Crippen LogP contribution in [0.15, 0.2) is 48.5 Å². The van der Waals surface area contributed by atoms with E-state index in [-0.39, 0.29) is 6.61 Å². The lowest BCUT2D eigenvalue weighted by Gasteiger charge is -2.27. The molecule has 0 radical (unpaired) electrons. The van der Waals surface area contributed by atoms with Gasteiger partial charge >= 0.3 is 24.0 Å². The molecule has 0 saturated heterocycles. The highest BCUT2D eigenvalue weighted by molar-refractivity contribution is 7.80. The number of hydrogen-bond acceptors (Lipinski definition) is 29. The average molecular weight is 1480 g/mol. The molecule has 38 heteroatoms. The molecule has 2 aromatic carbocycles. The number of ketones is 3. The number of carbonyl (C=O) groups excluding carboxylic acids is 9. The lowest BCUT2D eigenvalue weighted by atomic mass is 9.89. The summed E-state index contributed by atoms with van der Waals surface area (Å²) >= 11 is 3.96. The molecular weight excluding hydrogens is 1380 g/mol. The van der Waals surface area contributed by atoms with Crippen LogP contribution in [0.4, 0.5) is 4.79 Å². The number of ether oxygens (including phenoxy) is 1. The van der Waals surface area contributed by atoms with Gasteiger partial charge in [0, 0.05) is 94.5 Å². The predicted octanol–water partition coefficient (Wildman–Crippen LogP) is -7.67. The molecule has 0 unspecified atom stereocenters. The number of nitrogens with one attached hydrogen (secondary N) is 6. The van der Waals surface area contributed by atoms with Crippen molar-refractivity contribution in [1.29, 1.82) is 0 Å². The van der Waals surface area contributed by atoms with Crippen LogP contribution in [-0.4, -0.2) is 306 Å². The fourth-order valence-electron chi connectivity index (χ4n) is 10.7. The highest BCUT2D eigenvalue weighted by atomic mass is 32.1. The van der Waals surface area contributed by atoms with Crippen LogP contribution in [-0.2, 0) is 57.5 Å². The van der Waals surface area contributed by atoms with E-state index < -0.39 is 315 Å². The normalized spacial score (nSPS) is 17.3. The first-order chi connectivity index (χ1) is 48.1. The van der Waals surface area contributed by atoms with E-state index in [0.29, 0.717) is 0 Å². The topological polar surface area (TPSA) is 650 Å². The summed E-state index contributed by atoms with van der Waals surface area (Å²) in [4.78, 5) is 162. The second kappa shape index (κ2) is 44.7. The maximum absolute atomic E-state index is 14.7. The molecule has 0 saturated carbocycles. The summed E-state index contributed by atoms with van der Waals surface area (Å²) in [6, 6.07) is 8.84. The molecule has 0 aliphatic heterocycles. The van der Waals surface area contributed by atoms with Crippen molar-refractivity contribution in [3.05, 3.63) is 59.7 Å². The molecule has 37 nitrogen and oxygen atoms in total. The molecule has 6 amide bonds. The van der Waals surface area contributed by atoms with Crippen molar-refractivity contribution in [2.45, 2.75) is 181 Å². The van der Waals surface area contributed by atoms with E-state index in [1.807, 2.05) is 24.3 Å². The van der Waals surface area contributed by atoms with E-state index in [9.17, 15) is 139 Å². The molecule has 1 aliphatic rings. The first-order valence-corrected chi connectivity index (χ1v) is 33.1. The molecule has 1 aliphatic carbocycles. The molecule has 0 heterocycles. The maximum Gasteiger partial charge on any atom is 0.407 e. The zero-order valence-corrected chi connectivity index (χ0v) is 56.1. The number of aliphatic carboxylic acids is 3. The Balaban J connectivity index is 2.06. The number of hydrogen-bond donors (Lipinski definition) is 25. The fourth-order valence-corrected chi connectivity index (χ4v) is 11.0. The Morgan fingerprint density at radius 2 is 0.706 bits per heavy atom. The van der Waals surface area contributed by atoms with Gasteiger partial charge in [-0.3, -0.25) is 52.7 Å². The highest BCUT2D eigenvalue weighted by Gasteiger charge is 2.38. The van der Waals surface area contributed by atoms with E-state index in [1.54, 1.807) is 24.3 Å². The zero-order valence-electron chi connectivity index (χ0n) is 55.2. The Labute approximate surface area is 588 Å². The number of Topliss-reactive ketones (excluding diaryl/α,β-unsaturated/α-hetero) is 3. The fraction of sp³-hybridized carbons (Fsp3) is 0.625. The molecular formula is C64H94N6O31S. The molecule has 0 aromatic heterocycles.